The normalized spacial score (nSPS) is 24.1. The molecule has 1 saturated heterocycles. The Morgan fingerprint density at radius 1 is 1.18 bits per heavy atom. The van der Waals surface area contributed by atoms with Crippen molar-refractivity contribution < 1.29 is 9.53 Å². The van der Waals surface area contributed by atoms with Crippen LogP contribution in [0.3, 0.4) is 0 Å². The van der Waals surface area contributed by atoms with E-state index in [0.29, 0.717) is 17.2 Å². The van der Waals surface area contributed by atoms with Gasteiger partial charge < -0.3 is 19.9 Å². The largest absolute Gasteiger partial charge is 0.494 e. The molecule has 3 aliphatic rings. The van der Waals surface area contributed by atoms with E-state index in [1.54, 1.807) is 7.11 Å². The number of rotatable bonds is 5. The van der Waals surface area contributed by atoms with Gasteiger partial charge in [0.1, 0.15) is 17.1 Å². The van der Waals surface area contributed by atoms with E-state index < -0.39 is 0 Å². The minimum absolute atomic E-state index is 0.0245. The van der Waals surface area contributed by atoms with Crippen molar-refractivity contribution in [3.8, 4) is 17.1 Å². The molecule has 7 heteroatoms. The minimum atomic E-state index is 0.0245. The molecule has 2 N–H and O–H groups in total. The number of nitrogens with two attached hydrogens (primary N) is 1. The van der Waals surface area contributed by atoms with Crippen molar-refractivity contribution in [1.29, 1.82) is 0 Å². The first-order valence-electron chi connectivity index (χ1n) is 12.0. The Kier molecular flexibility index (Phi) is 4.73. The Bertz CT molecular complexity index is 1260. The van der Waals surface area contributed by atoms with Crippen LogP contribution in [0.1, 0.15) is 47.4 Å². The van der Waals surface area contributed by atoms with Crippen molar-refractivity contribution in [3.05, 3.63) is 41.2 Å². The number of hydrogen-bond donors (Lipinski definition) is 1. The Hall–Kier alpha value is -2.93. The predicted octanol–water partition coefficient (Wildman–Crippen LogP) is 3.47. The first kappa shape index (κ1) is 20.7. The molecule has 7 nitrogen and oxygen atoms in total. The van der Waals surface area contributed by atoms with Gasteiger partial charge in [-0.15, -0.1) is 0 Å². The summed E-state index contributed by atoms with van der Waals surface area (Å²) in [5.74, 6) is 2.70. The van der Waals surface area contributed by atoms with Crippen LogP contribution in [0.5, 0.6) is 5.75 Å². The van der Waals surface area contributed by atoms with Crippen LogP contribution in [0.25, 0.3) is 22.4 Å². The van der Waals surface area contributed by atoms with Crippen LogP contribution in [0, 0.1) is 18.8 Å². The predicted molar refractivity (Wildman–Crippen MR) is 127 cm³/mol. The van der Waals surface area contributed by atoms with E-state index in [1.165, 1.54) is 12.8 Å². The highest BCUT2D eigenvalue weighted by molar-refractivity contribution is 6.00. The molecule has 0 unspecified atom stereocenters. The maximum atomic E-state index is 13.4. The van der Waals surface area contributed by atoms with Crippen molar-refractivity contribution in [2.75, 3.05) is 13.7 Å². The lowest BCUT2D eigenvalue weighted by Crippen LogP contribution is -2.41. The van der Waals surface area contributed by atoms with Crippen molar-refractivity contribution >= 4 is 16.9 Å². The zero-order valence-electron chi connectivity index (χ0n) is 19.5. The summed E-state index contributed by atoms with van der Waals surface area (Å²) in [6.45, 7) is 2.78. The van der Waals surface area contributed by atoms with Crippen molar-refractivity contribution in [1.82, 2.24) is 19.4 Å². The number of likely N-dealkylation sites (tertiary alicyclic amines) is 1. The van der Waals surface area contributed by atoms with Crippen molar-refractivity contribution in [3.63, 3.8) is 0 Å². The fraction of sp³-hybridized carbons (Fsp3) is 0.500. The molecule has 2 bridgehead atoms. The van der Waals surface area contributed by atoms with Crippen LogP contribution in [-0.4, -0.2) is 51.1 Å². The molecule has 1 amide bonds. The number of aryl methyl sites for hydroxylation is 2. The molecular weight excluding hydrogens is 414 g/mol. The first-order chi connectivity index (χ1) is 15.9. The lowest BCUT2D eigenvalue weighted by Gasteiger charge is -2.27. The van der Waals surface area contributed by atoms with Gasteiger partial charge in [-0.3, -0.25) is 9.78 Å². The lowest BCUT2D eigenvalue weighted by molar-refractivity contribution is 0.0700. The second-order valence-corrected chi connectivity index (χ2v) is 10.1. The number of hydrogen-bond acceptors (Lipinski definition) is 5. The third kappa shape index (κ3) is 3.32. The summed E-state index contributed by atoms with van der Waals surface area (Å²) in [7, 11) is 3.66. The second-order valence-electron chi connectivity index (χ2n) is 10.1. The average molecular weight is 446 g/mol. The van der Waals surface area contributed by atoms with Gasteiger partial charge >= 0.3 is 0 Å². The van der Waals surface area contributed by atoms with Gasteiger partial charge in [0.05, 0.1) is 18.3 Å². The molecule has 0 spiro atoms. The van der Waals surface area contributed by atoms with Crippen LogP contribution in [-0.2, 0) is 13.5 Å². The minimum Gasteiger partial charge on any atom is -0.494 e. The fourth-order valence-corrected chi connectivity index (χ4v) is 5.84. The molecule has 6 rings (SSSR count). The topological polar surface area (TPSA) is 86.3 Å². The summed E-state index contributed by atoms with van der Waals surface area (Å²) in [6.07, 6.45) is 5.65. The van der Waals surface area contributed by atoms with Crippen molar-refractivity contribution in [2.45, 2.75) is 51.1 Å². The van der Waals surface area contributed by atoms with Gasteiger partial charge in [-0.05, 0) is 75.1 Å². The monoisotopic (exact) mass is 445 g/mol. The van der Waals surface area contributed by atoms with Gasteiger partial charge in [0.15, 0.2) is 0 Å². The van der Waals surface area contributed by atoms with Crippen molar-refractivity contribution in [2.24, 2.45) is 24.6 Å². The smallest absolute Gasteiger partial charge is 0.254 e. The summed E-state index contributed by atoms with van der Waals surface area (Å²) in [5, 5.41) is 0. The highest BCUT2D eigenvalue weighted by atomic mass is 16.5. The molecule has 0 radical (unpaired) electrons. The first-order valence-corrected chi connectivity index (χ1v) is 12.0. The fourth-order valence-electron chi connectivity index (χ4n) is 5.84. The summed E-state index contributed by atoms with van der Waals surface area (Å²) in [4.78, 5) is 25.2. The number of imidazole rings is 1. The van der Waals surface area contributed by atoms with E-state index in [0.717, 1.165) is 65.5 Å². The Morgan fingerprint density at radius 2 is 2.00 bits per heavy atom. The van der Waals surface area contributed by atoms with Crippen LogP contribution < -0.4 is 10.5 Å². The molecule has 3 aromatic rings. The van der Waals surface area contributed by atoms with Gasteiger partial charge in [0, 0.05) is 42.5 Å². The Morgan fingerprint density at radius 3 is 2.67 bits per heavy atom. The summed E-state index contributed by atoms with van der Waals surface area (Å²) in [6, 6.07) is 8.17. The van der Waals surface area contributed by atoms with E-state index >= 15 is 0 Å². The number of carbonyl (C=O) groups excluding carboxylic acids is 1. The van der Waals surface area contributed by atoms with E-state index in [9.17, 15) is 4.79 Å². The maximum absolute atomic E-state index is 13.4. The molecule has 1 aliphatic heterocycles. The number of nitrogens with zero attached hydrogens (tertiary/aromatic N) is 4. The number of aromatic nitrogens is 3. The van der Waals surface area contributed by atoms with Crippen LogP contribution >= 0.6 is 0 Å². The quantitative estimate of drug-likeness (QED) is 0.650. The third-order valence-corrected chi connectivity index (χ3v) is 7.85. The van der Waals surface area contributed by atoms with Crippen LogP contribution in [0.2, 0.25) is 0 Å². The average Bonchev–Trinajstić information content (AvgIpc) is 3.39. The highest BCUT2D eigenvalue weighted by Gasteiger charge is 2.47. The zero-order valence-corrected chi connectivity index (χ0v) is 19.5. The molecule has 33 heavy (non-hydrogen) atoms. The van der Waals surface area contributed by atoms with Gasteiger partial charge in [0.2, 0.25) is 0 Å². The van der Waals surface area contributed by atoms with Gasteiger partial charge in [0.25, 0.3) is 5.91 Å². The number of amides is 1. The second kappa shape index (κ2) is 7.55. The number of pyridine rings is 1. The third-order valence-electron chi connectivity index (χ3n) is 7.85. The molecule has 1 aromatic carbocycles. The molecular formula is C26H31N5O2. The molecule has 2 aliphatic carbocycles. The van der Waals surface area contributed by atoms with E-state index in [2.05, 4.69) is 10.6 Å². The molecule has 3 atom stereocenters. The lowest BCUT2D eigenvalue weighted by atomic mass is 10.1. The molecule has 3 fully saturated rings. The number of benzene rings is 1. The molecule has 2 saturated carbocycles. The van der Waals surface area contributed by atoms with E-state index in [1.807, 2.05) is 37.1 Å². The number of carbonyl (C=O) groups is 1. The molecule has 2 aromatic heterocycles. The number of piperidine rings is 1. The summed E-state index contributed by atoms with van der Waals surface area (Å²) >= 11 is 0. The number of methoxy groups -OCH3 is 1. The zero-order chi connectivity index (χ0) is 22.9. The van der Waals surface area contributed by atoms with E-state index in [4.69, 9.17) is 20.4 Å². The molecule has 172 valence electrons. The Balaban J connectivity index is 1.43. The SMILES string of the molecule is COc1cc(C(=O)N2C[C@H]3CC[C@@H]2[C@@H]3N)cc2nc(-c3ccc(C)nc3CC3CC3)n(C)c12. The number of fused-ring (bicyclic) bond motifs is 3. The Labute approximate surface area is 193 Å². The van der Waals surface area contributed by atoms with Gasteiger partial charge in [-0.25, -0.2) is 4.98 Å². The summed E-state index contributed by atoms with van der Waals surface area (Å²) < 4.78 is 7.81. The van der Waals surface area contributed by atoms with Crippen LogP contribution in [0.4, 0.5) is 0 Å². The maximum Gasteiger partial charge on any atom is 0.254 e. The van der Waals surface area contributed by atoms with E-state index in [-0.39, 0.29) is 18.0 Å². The van der Waals surface area contributed by atoms with Gasteiger partial charge in [-0.2, -0.15) is 0 Å². The standard InChI is InChI=1S/C26H31N5O2/c1-14-4-8-18(19(28-14)10-15-5-6-15)25-29-20-11-17(12-22(33-3)24(20)30(25)2)26(32)31-13-16-7-9-21(31)23(16)27/h4,8,11-12,15-16,21,23H,5-7,9-10,13,27H2,1-3H3/t16-,21-,23-/m1/s1. The summed E-state index contributed by atoms with van der Waals surface area (Å²) in [5.41, 5.74) is 11.8. The number of ether oxygens (including phenoxy) is 1. The molecule has 3 heterocycles. The highest BCUT2D eigenvalue weighted by Crippen LogP contribution is 2.39. The van der Waals surface area contributed by atoms with Gasteiger partial charge in [-0.1, -0.05) is 0 Å². The van der Waals surface area contributed by atoms with Crippen LogP contribution in [0.15, 0.2) is 24.3 Å².